The van der Waals surface area contributed by atoms with Crippen LogP contribution in [-0.2, 0) is 15.0 Å². The standard InChI is InChI=1S/C14H15N3O7S/c1-5-14(13(21)22,4-16-11(20)8(15)12(16)25-5)6-2-3-7(18)10(19)9(6)17(23)24/h2-3,5,8,12,18-19H,4,15H2,1H3,(H,21,22)/t5?,8?,12-,14?/m1/s1. The van der Waals surface area contributed by atoms with Crippen LogP contribution in [0.1, 0.15) is 12.5 Å². The molecule has 5 N–H and O–H groups in total. The Morgan fingerprint density at radius 3 is 2.68 bits per heavy atom. The molecule has 2 heterocycles. The Labute approximate surface area is 145 Å². The summed E-state index contributed by atoms with van der Waals surface area (Å²) in [7, 11) is 0. The summed E-state index contributed by atoms with van der Waals surface area (Å²) in [4.78, 5) is 35.9. The third-order valence-electron chi connectivity index (χ3n) is 4.81. The van der Waals surface area contributed by atoms with E-state index in [1.165, 1.54) is 4.90 Å². The number of aromatic hydroxyl groups is 2. The topological polar surface area (TPSA) is 167 Å². The summed E-state index contributed by atoms with van der Waals surface area (Å²) in [5, 5.41) is 39.7. The molecule has 0 bridgehead atoms. The average Bonchev–Trinajstić information content (AvgIpc) is 2.55. The minimum atomic E-state index is -1.83. The minimum absolute atomic E-state index is 0.271. The molecule has 134 valence electrons. The molecule has 0 aromatic heterocycles. The highest BCUT2D eigenvalue weighted by Crippen LogP contribution is 2.52. The lowest BCUT2D eigenvalue weighted by molar-refractivity contribution is -0.387. The van der Waals surface area contributed by atoms with Crippen molar-refractivity contribution in [3.63, 3.8) is 0 Å². The van der Waals surface area contributed by atoms with E-state index in [1.54, 1.807) is 6.92 Å². The van der Waals surface area contributed by atoms with Crippen LogP contribution in [0.4, 0.5) is 5.69 Å². The van der Waals surface area contributed by atoms with Gasteiger partial charge in [0, 0.05) is 11.8 Å². The largest absolute Gasteiger partial charge is 0.504 e. The number of carboxylic acid groups (broad SMARTS) is 1. The fraction of sp³-hybridized carbons (Fsp3) is 0.429. The lowest BCUT2D eigenvalue weighted by atomic mass is 9.75. The van der Waals surface area contributed by atoms with Gasteiger partial charge in [-0.15, -0.1) is 11.8 Å². The second-order valence-corrected chi connectivity index (χ2v) is 7.49. The van der Waals surface area contributed by atoms with Crippen LogP contribution < -0.4 is 5.73 Å². The van der Waals surface area contributed by atoms with Crippen molar-refractivity contribution >= 4 is 29.3 Å². The van der Waals surface area contributed by atoms with Crippen molar-refractivity contribution in [2.24, 2.45) is 5.73 Å². The molecular formula is C14H15N3O7S. The number of amides is 1. The minimum Gasteiger partial charge on any atom is -0.504 e. The van der Waals surface area contributed by atoms with Crippen LogP contribution in [0.3, 0.4) is 0 Å². The molecule has 0 radical (unpaired) electrons. The quantitative estimate of drug-likeness (QED) is 0.247. The summed E-state index contributed by atoms with van der Waals surface area (Å²) in [5.74, 6) is -3.53. The maximum atomic E-state index is 12.2. The number of nitrogens with two attached hydrogens (primary N) is 1. The summed E-state index contributed by atoms with van der Waals surface area (Å²) in [6.07, 6.45) is 0. The number of carboxylic acids is 1. The third-order valence-corrected chi connectivity index (χ3v) is 6.45. The third kappa shape index (κ3) is 2.15. The van der Waals surface area contributed by atoms with Crippen LogP contribution in [0, 0.1) is 10.1 Å². The first-order valence-electron chi connectivity index (χ1n) is 7.27. The molecule has 11 heteroatoms. The lowest BCUT2D eigenvalue weighted by Gasteiger charge is -2.55. The molecule has 0 saturated carbocycles. The Balaban J connectivity index is 2.21. The molecule has 1 amide bonds. The number of rotatable bonds is 3. The summed E-state index contributed by atoms with van der Waals surface area (Å²) in [6.45, 7) is 1.28. The van der Waals surface area contributed by atoms with Crippen molar-refractivity contribution < 1.29 is 29.8 Å². The predicted molar refractivity (Wildman–Crippen MR) is 86.3 cm³/mol. The van der Waals surface area contributed by atoms with E-state index in [2.05, 4.69) is 0 Å². The van der Waals surface area contributed by atoms with Crippen LogP contribution in [0.2, 0.25) is 0 Å². The van der Waals surface area contributed by atoms with Gasteiger partial charge in [-0.3, -0.25) is 19.7 Å². The summed E-state index contributed by atoms with van der Waals surface area (Å²) in [5.41, 5.74) is 2.74. The van der Waals surface area contributed by atoms with Gasteiger partial charge in [0.15, 0.2) is 5.75 Å². The molecule has 2 aliphatic rings. The lowest BCUT2D eigenvalue weighted by Crippen LogP contribution is -2.74. The van der Waals surface area contributed by atoms with Gasteiger partial charge in [0.25, 0.3) is 0 Å². The number of phenolic OH excluding ortho intramolecular Hbond substituents is 2. The zero-order valence-corrected chi connectivity index (χ0v) is 13.8. The molecular weight excluding hydrogens is 354 g/mol. The Kier molecular flexibility index (Phi) is 3.80. The number of hydrogen-bond donors (Lipinski definition) is 4. The van der Waals surface area contributed by atoms with Gasteiger partial charge in [-0.25, -0.2) is 0 Å². The fourth-order valence-corrected chi connectivity index (χ4v) is 4.94. The number of nitrogens with zero attached hydrogens (tertiary/aromatic N) is 2. The molecule has 25 heavy (non-hydrogen) atoms. The molecule has 2 saturated heterocycles. The average molecular weight is 369 g/mol. The summed E-state index contributed by atoms with van der Waals surface area (Å²) < 4.78 is 0. The van der Waals surface area contributed by atoms with Crippen molar-refractivity contribution in [3.05, 3.63) is 27.8 Å². The van der Waals surface area contributed by atoms with Gasteiger partial charge in [-0.2, -0.15) is 0 Å². The summed E-state index contributed by atoms with van der Waals surface area (Å²) >= 11 is 1.14. The van der Waals surface area contributed by atoms with Crippen molar-refractivity contribution in [2.45, 2.75) is 29.0 Å². The molecule has 4 atom stereocenters. The van der Waals surface area contributed by atoms with Crippen molar-refractivity contribution in [1.82, 2.24) is 4.90 Å². The molecule has 1 aromatic carbocycles. The highest BCUT2D eigenvalue weighted by molar-refractivity contribution is 8.00. The number of phenols is 2. The first-order valence-corrected chi connectivity index (χ1v) is 8.22. The van der Waals surface area contributed by atoms with Crippen LogP contribution in [0.15, 0.2) is 12.1 Å². The van der Waals surface area contributed by atoms with E-state index >= 15 is 0 Å². The number of benzene rings is 1. The van der Waals surface area contributed by atoms with Crippen molar-refractivity contribution in [1.29, 1.82) is 0 Å². The van der Waals surface area contributed by atoms with Gasteiger partial charge >= 0.3 is 11.7 Å². The highest BCUT2D eigenvalue weighted by Gasteiger charge is 2.61. The molecule has 1 aromatic rings. The van der Waals surface area contributed by atoms with Gasteiger partial charge in [0.2, 0.25) is 11.7 Å². The van der Waals surface area contributed by atoms with E-state index in [-0.39, 0.29) is 17.5 Å². The zero-order chi connectivity index (χ0) is 18.7. The monoisotopic (exact) mass is 369 g/mol. The molecule has 0 aliphatic carbocycles. The Hall–Kier alpha value is -2.53. The summed E-state index contributed by atoms with van der Waals surface area (Å²) in [6, 6.07) is 1.36. The Morgan fingerprint density at radius 1 is 1.48 bits per heavy atom. The zero-order valence-electron chi connectivity index (χ0n) is 12.9. The van der Waals surface area contributed by atoms with E-state index < -0.39 is 50.7 Å². The van der Waals surface area contributed by atoms with Gasteiger partial charge in [-0.05, 0) is 12.1 Å². The highest BCUT2D eigenvalue weighted by atomic mass is 32.2. The van der Waals surface area contributed by atoms with Gasteiger partial charge in [-0.1, -0.05) is 6.92 Å². The number of hydrogen-bond acceptors (Lipinski definition) is 8. The van der Waals surface area contributed by atoms with E-state index in [0.717, 1.165) is 23.9 Å². The van der Waals surface area contributed by atoms with Crippen LogP contribution in [0.5, 0.6) is 11.5 Å². The van der Waals surface area contributed by atoms with E-state index in [4.69, 9.17) is 5.73 Å². The molecule has 2 aliphatic heterocycles. The number of aliphatic carboxylic acids is 1. The smallest absolute Gasteiger partial charge is 0.319 e. The van der Waals surface area contributed by atoms with E-state index in [9.17, 15) is 35.0 Å². The SMILES string of the molecule is CC1S[C@@H]2C(N)C(=O)N2CC1(C(=O)O)c1ccc(O)c(O)c1[N+](=O)[O-]. The second kappa shape index (κ2) is 5.49. The molecule has 2 fully saturated rings. The molecule has 0 spiro atoms. The maximum absolute atomic E-state index is 12.2. The van der Waals surface area contributed by atoms with Crippen LogP contribution in [0.25, 0.3) is 0 Å². The molecule has 3 unspecified atom stereocenters. The molecule has 3 rings (SSSR count). The number of β-lactam (4-membered cyclic amide) rings is 1. The van der Waals surface area contributed by atoms with Crippen molar-refractivity contribution in [2.75, 3.05) is 6.54 Å². The first-order chi connectivity index (χ1) is 11.6. The second-order valence-electron chi connectivity index (χ2n) is 6.02. The Morgan fingerprint density at radius 2 is 2.12 bits per heavy atom. The number of nitro groups is 1. The van der Waals surface area contributed by atoms with Crippen molar-refractivity contribution in [3.8, 4) is 11.5 Å². The van der Waals surface area contributed by atoms with E-state index in [0.29, 0.717) is 0 Å². The number of thioether (sulfide) groups is 1. The Bertz CT molecular complexity index is 801. The first kappa shape index (κ1) is 17.3. The van der Waals surface area contributed by atoms with Gasteiger partial charge < -0.3 is 26.0 Å². The number of fused-ring (bicyclic) bond motifs is 1. The number of carbonyl (C=O) groups is 2. The van der Waals surface area contributed by atoms with Crippen LogP contribution >= 0.6 is 11.8 Å². The van der Waals surface area contributed by atoms with Crippen LogP contribution in [-0.4, -0.2) is 60.2 Å². The maximum Gasteiger partial charge on any atom is 0.319 e. The molecule has 10 nitrogen and oxygen atoms in total. The number of carbonyl (C=O) groups excluding carboxylic acids is 1. The predicted octanol–water partition coefficient (Wildman–Crippen LogP) is -0.0407. The van der Waals surface area contributed by atoms with Gasteiger partial charge in [0.05, 0.1) is 10.5 Å². The normalized spacial score (nSPS) is 31.2. The van der Waals surface area contributed by atoms with E-state index in [1.807, 2.05) is 0 Å². The van der Waals surface area contributed by atoms with Gasteiger partial charge in [0.1, 0.15) is 16.8 Å². The fourth-order valence-electron chi connectivity index (χ4n) is 3.37. The number of nitro benzene ring substituents is 1.